The topological polar surface area (TPSA) is 61.4 Å². The summed E-state index contributed by atoms with van der Waals surface area (Å²) < 4.78 is 0. The van der Waals surface area contributed by atoms with Gasteiger partial charge in [-0.15, -0.1) is 0 Å². The number of aliphatic hydroxyl groups excluding tert-OH is 1. The largest absolute Gasteiger partial charge is 0.390 e. The highest BCUT2D eigenvalue weighted by atomic mass is 16.3. The van der Waals surface area contributed by atoms with Crippen LogP contribution in [0.15, 0.2) is 24.3 Å². The van der Waals surface area contributed by atoms with Crippen molar-refractivity contribution < 1.29 is 9.90 Å². The third-order valence-corrected chi connectivity index (χ3v) is 4.32. The maximum absolute atomic E-state index is 12.1. The third-order valence-electron chi connectivity index (χ3n) is 4.32. The van der Waals surface area contributed by atoms with E-state index in [0.29, 0.717) is 12.3 Å². The number of hydrogen-bond donors (Lipinski definition) is 3. The van der Waals surface area contributed by atoms with E-state index in [9.17, 15) is 9.90 Å². The zero-order valence-electron chi connectivity index (χ0n) is 13.1. The molecule has 0 saturated heterocycles. The fourth-order valence-electron chi connectivity index (χ4n) is 2.98. The van der Waals surface area contributed by atoms with Crippen LogP contribution in [-0.2, 0) is 6.42 Å². The second-order valence-electron chi connectivity index (χ2n) is 6.22. The summed E-state index contributed by atoms with van der Waals surface area (Å²) in [5.74, 6) is 0.595. The number of amides is 2. The van der Waals surface area contributed by atoms with E-state index in [0.717, 1.165) is 24.0 Å². The maximum Gasteiger partial charge on any atom is 0.315 e. The van der Waals surface area contributed by atoms with E-state index in [-0.39, 0.29) is 18.1 Å². The molecule has 2 rings (SSSR count). The normalized spacial score (nSPS) is 23.2. The monoisotopic (exact) mass is 290 g/mol. The molecule has 0 aromatic heterocycles. The average molecular weight is 290 g/mol. The minimum absolute atomic E-state index is 0.133. The number of hydrogen-bond acceptors (Lipinski definition) is 2. The molecular formula is C17H26N2O2. The molecule has 3 N–H and O–H groups in total. The first-order valence-electron chi connectivity index (χ1n) is 7.84. The van der Waals surface area contributed by atoms with Gasteiger partial charge in [-0.25, -0.2) is 4.79 Å². The van der Waals surface area contributed by atoms with Crippen LogP contribution in [-0.4, -0.2) is 23.3 Å². The van der Waals surface area contributed by atoms with Crippen molar-refractivity contribution in [1.82, 2.24) is 10.6 Å². The van der Waals surface area contributed by atoms with Crippen LogP contribution in [0.2, 0.25) is 0 Å². The highest BCUT2D eigenvalue weighted by Gasteiger charge is 2.31. The summed E-state index contributed by atoms with van der Waals surface area (Å²) in [5, 5.41) is 16.0. The summed E-state index contributed by atoms with van der Waals surface area (Å²) in [6.45, 7) is 6.36. The van der Waals surface area contributed by atoms with Gasteiger partial charge < -0.3 is 15.7 Å². The van der Waals surface area contributed by atoms with Crippen LogP contribution >= 0.6 is 0 Å². The third kappa shape index (κ3) is 3.97. The number of benzene rings is 1. The molecule has 0 spiro atoms. The van der Waals surface area contributed by atoms with Gasteiger partial charge >= 0.3 is 6.03 Å². The van der Waals surface area contributed by atoms with Crippen molar-refractivity contribution in [3.63, 3.8) is 0 Å². The minimum atomic E-state index is -0.543. The lowest BCUT2D eigenvalue weighted by Gasteiger charge is -2.22. The molecule has 2 amide bonds. The van der Waals surface area contributed by atoms with Crippen molar-refractivity contribution in [3.8, 4) is 0 Å². The van der Waals surface area contributed by atoms with Crippen molar-refractivity contribution in [3.05, 3.63) is 35.4 Å². The molecule has 1 aliphatic rings. The Hall–Kier alpha value is -1.55. The fourth-order valence-corrected chi connectivity index (χ4v) is 2.98. The highest BCUT2D eigenvalue weighted by Crippen LogP contribution is 2.31. The standard InChI is InChI=1S/C17H26N2O2/c1-4-11(2)9-12(3)18-17(21)19-16-14-8-6-5-7-13(14)10-15(16)20/h5-8,11-12,15-16,20H,4,9-10H2,1-3H3,(H2,18,19,21)/t11?,12?,15-,16+/m0/s1. The van der Waals surface area contributed by atoms with Gasteiger partial charge in [-0.3, -0.25) is 0 Å². The summed E-state index contributed by atoms with van der Waals surface area (Å²) in [6.07, 6.45) is 2.14. The number of aliphatic hydroxyl groups is 1. The maximum atomic E-state index is 12.1. The molecule has 0 saturated carbocycles. The van der Waals surface area contributed by atoms with Crippen LogP contribution in [0.5, 0.6) is 0 Å². The number of rotatable bonds is 5. The van der Waals surface area contributed by atoms with Gasteiger partial charge in [0.15, 0.2) is 0 Å². The molecule has 0 heterocycles. The predicted molar refractivity (Wildman–Crippen MR) is 84.1 cm³/mol. The highest BCUT2D eigenvalue weighted by molar-refractivity contribution is 5.75. The zero-order valence-corrected chi connectivity index (χ0v) is 13.1. The molecule has 4 heteroatoms. The van der Waals surface area contributed by atoms with Crippen molar-refractivity contribution in [2.75, 3.05) is 0 Å². The van der Waals surface area contributed by atoms with Gasteiger partial charge in [0.25, 0.3) is 0 Å². The lowest BCUT2D eigenvalue weighted by atomic mass is 10.0. The minimum Gasteiger partial charge on any atom is -0.390 e. The van der Waals surface area contributed by atoms with E-state index in [4.69, 9.17) is 0 Å². The molecule has 4 nitrogen and oxygen atoms in total. The Balaban J connectivity index is 1.91. The Kier molecular flexibility index (Phi) is 5.23. The predicted octanol–water partition coefficient (Wildman–Crippen LogP) is 2.77. The average Bonchev–Trinajstić information content (AvgIpc) is 2.75. The molecule has 0 bridgehead atoms. The fraction of sp³-hybridized carbons (Fsp3) is 0.588. The molecule has 21 heavy (non-hydrogen) atoms. The van der Waals surface area contributed by atoms with E-state index >= 15 is 0 Å². The van der Waals surface area contributed by atoms with Crippen LogP contribution in [0.25, 0.3) is 0 Å². The quantitative estimate of drug-likeness (QED) is 0.781. The molecular weight excluding hydrogens is 264 g/mol. The van der Waals surface area contributed by atoms with Crippen molar-refractivity contribution >= 4 is 6.03 Å². The molecule has 0 radical (unpaired) electrons. The molecule has 1 aromatic carbocycles. The number of carbonyl (C=O) groups excluding carboxylic acids is 1. The molecule has 1 aromatic rings. The Labute approximate surface area is 126 Å². The first-order valence-corrected chi connectivity index (χ1v) is 7.84. The Morgan fingerprint density at radius 1 is 1.38 bits per heavy atom. The molecule has 0 aliphatic heterocycles. The smallest absolute Gasteiger partial charge is 0.315 e. The van der Waals surface area contributed by atoms with Crippen LogP contribution in [0.1, 0.15) is 50.8 Å². The number of fused-ring (bicyclic) bond motifs is 1. The number of carbonyl (C=O) groups is 1. The lowest BCUT2D eigenvalue weighted by Crippen LogP contribution is -2.44. The van der Waals surface area contributed by atoms with Gasteiger partial charge in [0.1, 0.15) is 0 Å². The van der Waals surface area contributed by atoms with Gasteiger partial charge in [0.2, 0.25) is 0 Å². The first-order chi connectivity index (χ1) is 10.0. The van der Waals surface area contributed by atoms with Crippen molar-refractivity contribution in [1.29, 1.82) is 0 Å². The van der Waals surface area contributed by atoms with Gasteiger partial charge in [-0.2, -0.15) is 0 Å². The molecule has 1 aliphatic carbocycles. The summed E-state index contributed by atoms with van der Waals surface area (Å²) in [5.41, 5.74) is 2.14. The number of urea groups is 1. The molecule has 0 fully saturated rings. The SMILES string of the molecule is CCC(C)CC(C)NC(=O)N[C@@H]1c2ccccc2C[C@@H]1O. The van der Waals surface area contributed by atoms with Gasteiger partial charge in [-0.05, 0) is 30.4 Å². The van der Waals surface area contributed by atoms with Crippen LogP contribution < -0.4 is 10.6 Å². The lowest BCUT2D eigenvalue weighted by molar-refractivity contribution is 0.141. The summed E-state index contributed by atoms with van der Waals surface area (Å²) >= 11 is 0. The second kappa shape index (κ2) is 6.94. The second-order valence-corrected chi connectivity index (χ2v) is 6.22. The Morgan fingerprint density at radius 3 is 2.81 bits per heavy atom. The Morgan fingerprint density at radius 2 is 2.10 bits per heavy atom. The first kappa shape index (κ1) is 15.8. The van der Waals surface area contributed by atoms with Gasteiger partial charge in [-0.1, -0.05) is 44.5 Å². The van der Waals surface area contributed by atoms with E-state index < -0.39 is 6.10 Å². The summed E-state index contributed by atoms with van der Waals surface area (Å²) in [7, 11) is 0. The van der Waals surface area contributed by atoms with Crippen LogP contribution in [0, 0.1) is 5.92 Å². The van der Waals surface area contributed by atoms with Crippen molar-refractivity contribution in [2.45, 2.75) is 58.2 Å². The van der Waals surface area contributed by atoms with Gasteiger partial charge in [0, 0.05) is 12.5 Å². The van der Waals surface area contributed by atoms with E-state index in [1.54, 1.807) is 0 Å². The molecule has 116 valence electrons. The zero-order chi connectivity index (χ0) is 15.4. The number of nitrogens with one attached hydrogen (secondary N) is 2. The van der Waals surface area contributed by atoms with Gasteiger partial charge in [0.05, 0.1) is 12.1 Å². The van der Waals surface area contributed by atoms with Crippen LogP contribution in [0.3, 0.4) is 0 Å². The van der Waals surface area contributed by atoms with E-state index in [2.05, 4.69) is 24.5 Å². The van der Waals surface area contributed by atoms with Crippen LogP contribution in [0.4, 0.5) is 4.79 Å². The summed E-state index contributed by atoms with van der Waals surface area (Å²) in [4.78, 5) is 12.1. The van der Waals surface area contributed by atoms with E-state index in [1.165, 1.54) is 0 Å². The molecule has 4 atom stereocenters. The van der Waals surface area contributed by atoms with Crippen molar-refractivity contribution in [2.24, 2.45) is 5.92 Å². The van der Waals surface area contributed by atoms with E-state index in [1.807, 2.05) is 31.2 Å². The Bertz CT molecular complexity index is 489. The molecule has 2 unspecified atom stereocenters. The summed E-state index contributed by atoms with van der Waals surface area (Å²) in [6, 6.07) is 7.50.